The highest BCUT2D eigenvalue weighted by Gasteiger charge is 2.32. The molecule has 0 saturated carbocycles. The molecule has 0 amide bonds. The first-order chi connectivity index (χ1) is 12.5. The fourth-order valence-corrected chi connectivity index (χ4v) is 3.34. The van der Waals surface area contributed by atoms with Crippen LogP contribution in [0.1, 0.15) is 24.5 Å². The first-order valence-electron chi connectivity index (χ1n) is 8.50. The lowest BCUT2D eigenvalue weighted by Gasteiger charge is -2.32. The number of aliphatic imine (C=N–C) groups is 1. The van der Waals surface area contributed by atoms with Gasteiger partial charge < -0.3 is 5.32 Å². The Morgan fingerprint density at radius 2 is 1.46 bits per heavy atom. The summed E-state index contributed by atoms with van der Waals surface area (Å²) in [4.78, 5) is 4.84. The molecule has 1 atom stereocenters. The third-order valence-corrected chi connectivity index (χ3v) is 4.75. The van der Waals surface area contributed by atoms with E-state index in [2.05, 4.69) is 12.2 Å². The normalized spacial score (nSPS) is 19.1. The van der Waals surface area contributed by atoms with Gasteiger partial charge in [0.2, 0.25) is 0 Å². The molecule has 1 N–H and O–H groups in total. The molecule has 0 bridgehead atoms. The zero-order chi connectivity index (χ0) is 18.1. The topological polar surface area (TPSA) is 24.4 Å². The van der Waals surface area contributed by atoms with E-state index < -0.39 is 5.54 Å². The van der Waals surface area contributed by atoms with Crippen molar-refractivity contribution in [2.75, 3.05) is 5.32 Å². The van der Waals surface area contributed by atoms with E-state index in [1.54, 1.807) is 24.3 Å². The molecule has 4 heteroatoms. The first kappa shape index (κ1) is 16.5. The molecule has 3 aromatic carbocycles. The number of rotatable bonds is 2. The minimum absolute atomic E-state index is 0.265. The van der Waals surface area contributed by atoms with Crippen molar-refractivity contribution >= 4 is 17.1 Å². The molecule has 1 aliphatic heterocycles. The van der Waals surface area contributed by atoms with Gasteiger partial charge in [-0.15, -0.1) is 0 Å². The zero-order valence-electron chi connectivity index (χ0n) is 14.3. The van der Waals surface area contributed by atoms with Crippen LogP contribution >= 0.6 is 0 Å². The summed E-state index contributed by atoms with van der Waals surface area (Å²) < 4.78 is 26.7. The lowest BCUT2D eigenvalue weighted by molar-refractivity contribution is 0.566. The van der Waals surface area contributed by atoms with Crippen LogP contribution < -0.4 is 5.32 Å². The first-order valence-corrected chi connectivity index (χ1v) is 8.50. The van der Waals surface area contributed by atoms with Crippen molar-refractivity contribution in [2.45, 2.75) is 18.9 Å². The number of nitrogens with zero attached hydrogens (tertiary/aromatic N) is 1. The minimum Gasteiger partial charge on any atom is -0.374 e. The summed E-state index contributed by atoms with van der Waals surface area (Å²) >= 11 is 0. The van der Waals surface area contributed by atoms with Gasteiger partial charge in [-0.05, 0) is 54.4 Å². The molecule has 26 heavy (non-hydrogen) atoms. The Labute approximate surface area is 151 Å². The van der Waals surface area contributed by atoms with Crippen LogP contribution in [0.3, 0.4) is 0 Å². The van der Waals surface area contributed by atoms with Crippen molar-refractivity contribution in [3.05, 3.63) is 95.6 Å². The highest BCUT2D eigenvalue weighted by molar-refractivity contribution is 6.04. The number of anilines is 1. The van der Waals surface area contributed by atoms with E-state index in [1.807, 2.05) is 24.3 Å². The Morgan fingerprint density at radius 1 is 0.846 bits per heavy atom. The van der Waals surface area contributed by atoms with E-state index in [0.29, 0.717) is 6.42 Å². The molecule has 2 nitrogen and oxygen atoms in total. The van der Waals surface area contributed by atoms with E-state index in [-0.39, 0.29) is 11.6 Å². The zero-order valence-corrected chi connectivity index (χ0v) is 14.3. The molecule has 0 aromatic heterocycles. The predicted octanol–water partition coefficient (Wildman–Crippen LogP) is 5.82. The van der Waals surface area contributed by atoms with Crippen molar-refractivity contribution in [1.82, 2.24) is 0 Å². The number of hydrogen-bond acceptors (Lipinski definition) is 2. The standard InChI is InChI=1S/C22H18F2N2/c1-22(16-8-12-18(24)13-9-16)14-21(15-6-10-17(23)11-7-15)25-19-4-2-3-5-20(19)26-22/h2-13,26H,14H2,1H3/t22-/m1/s1. The van der Waals surface area contributed by atoms with Crippen molar-refractivity contribution in [1.29, 1.82) is 0 Å². The van der Waals surface area contributed by atoms with Crippen molar-refractivity contribution in [3.63, 3.8) is 0 Å². The number of nitrogens with one attached hydrogen (secondary N) is 1. The highest BCUT2D eigenvalue weighted by Crippen LogP contribution is 2.39. The summed E-state index contributed by atoms with van der Waals surface area (Å²) in [6.07, 6.45) is 0.582. The Bertz CT molecular complexity index is 962. The summed E-state index contributed by atoms with van der Waals surface area (Å²) in [6.45, 7) is 2.07. The molecule has 0 unspecified atom stereocenters. The lowest BCUT2D eigenvalue weighted by Crippen LogP contribution is -2.33. The van der Waals surface area contributed by atoms with Crippen LogP contribution in [0.2, 0.25) is 0 Å². The molecule has 3 aromatic rings. The number of fused-ring (bicyclic) bond motifs is 1. The third-order valence-electron chi connectivity index (χ3n) is 4.75. The van der Waals surface area contributed by atoms with Gasteiger partial charge in [0.25, 0.3) is 0 Å². The second kappa shape index (κ2) is 6.37. The minimum atomic E-state index is -0.479. The predicted molar refractivity (Wildman–Crippen MR) is 101 cm³/mol. The van der Waals surface area contributed by atoms with Crippen molar-refractivity contribution in [2.24, 2.45) is 4.99 Å². The van der Waals surface area contributed by atoms with Crippen LogP contribution in [0.25, 0.3) is 0 Å². The molecule has 0 aliphatic carbocycles. The molecule has 4 rings (SSSR count). The smallest absolute Gasteiger partial charge is 0.123 e. The summed E-state index contributed by atoms with van der Waals surface area (Å²) in [5.41, 5.74) is 3.96. The Kier molecular flexibility index (Phi) is 4.03. The molecule has 1 aliphatic rings. The van der Waals surface area contributed by atoms with Crippen LogP contribution in [0.15, 0.2) is 77.8 Å². The largest absolute Gasteiger partial charge is 0.374 e. The fourth-order valence-electron chi connectivity index (χ4n) is 3.34. The quantitative estimate of drug-likeness (QED) is 0.620. The second-order valence-corrected chi connectivity index (χ2v) is 6.72. The Hall–Kier alpha value is -3.01. The summed E-state index contributed by atoms with van der Waals surface area (Å²) in [6, 6.07) is 20.7. The molecule has 0 fully saturated rings. The van der Waals surface area contributed by atoms with E-state index >= 15 is 0 Å². The second-order valence-electron chi connectivity index (χ2n) is 6.72. The Morgan fingerprint density at radius 3 is 2.15 bits per heavy atom. The summed E-state index contributed by atoms with van der Waals surface area (Å²) in [5.74, 6) is -0.540. The number of hydrogen-bond donors (Lipinski definition) is 1. The van der Waals surface area contributed by atoms with Gasteiger partial charge in [-0.2, -0.15) is 0 Å². The average molecular weight is 348 g/mol. The average Bonchev–Trinajstić information content (AvgIpc) is 2.79. The fraction of sp³-hybridized carbons (Fsp3) is 0.136. The molecule has 0 spiro atoms. The van der Waals surface area contributed by atoms with Gasteiger partial charge in [0.1, 0.15) is 11.6 Å². The van der Waals surface area contributed by atoms with Crippen LogP contribution in [0, 0.1) is 11.6 Å². The third kappa shape index (κ3) is 3.10. The summed E-state index contributed by atoms with van der Waals surface area (Å²) in [5, 5.41) is 3.57. The molecule has 0 saturated heterocycles. The Balaban J connectivity index is 1.84. The maximum Gasteiger partial charge on any atom is 0.123 e. The number of para-hydroxylation sites is 2. The van der Waals surface area contributed by atoms with Crippen LogP contribution in [-0.4, -0.2) is 5.71 Å². The van der Waals surface area contributed by atoms with Gasteiger partial charge in [-0.1, -0.05) is 36.4 Å². The van der Waals surface area contributed by atoms with Crippen molar-refractivity contribution in [3.8, 4) is 0 Å². The van der Waals surface area contributed by atoms with Crippen molar-refractivity contribution < 1.29 is 8.78 Å². The maximum atomic E-state index is 13.4. The van der Waals surface area contributed by atoms with Gasteiger partial charge in [0.15, 0.2) is 0 Å². The van der Waals surface area contributed by atoms with E-state index in [0.717, 1.165) is 28.2 Å². The van der Waals surface area contributed by atoms with E-state index in [9.17, 15) is 8.78 Å². The van der Waals surface area contributed by atoms with Crippen LogP contribution in [-0.2, 0) is 5.54 Å². The van der Waals surface area contributed by atoms with E-state index in [4.69, 9.17) is 4.99 Å². The van der Waals surface area contributed by atoms with Gasteiger partial charge in [0, 0.05) is 6.42 Å². The lowest BCUT2D eigenvalue weighted by atomic mass is 9.85. The van der Waals surface area contributed by atoms with E-state index in [1.165, 1.54) is 24.3 Å². The van der Waals surface area contributed by atoms with Gasteiger partial charge in [-0.3, -0.25) is 4.99 Å². The summed E-state index contributed by atoms with van der Waals surface area (Å²) in [7, 11) is 0. The van der Waals surface area contributed by atoms with Crippen LogP contribution in [0.5, 0.6) is 0 Å². The van der Waals surface area contributed by atoms with Gasteiger partial charge in [0.05, 0.1) is 22.6 Å². The van der Waals surface area contributed by atoms with Gasteiger partial charge in [-0.25, -0.2) is 8.78 Å². The monoisotopic (exact) mass is 348 g/mol. The van der Waals surface area contributed by atoms with Crippen LogP contribution in [0.4, 0.5) is 20.2 Å². The highest BCUT2D eigenvalue weighted by atomic mass is 19.1. The molecule has 130 valence electrons. The molecular weight excluding hydrogens is 330 g/mol. The number of halogens is 2. The van der Waals surface area contributed by atoms with Gasteiger partial charge >= 0.3 is 0 Å². The maximum absolute atomic E-state index is 13.4. The molecule has 1 heterocycles. The SMILES string of the molecule is C[C@]1(c2ccc(F)cc2)CC(c2ccc(F)cc2)=Nc2ccccc2N1. The number of benzene rings is 3. The molecular formula is C22H18F2N2. The molecule has 0 radical (unpaired) electrons.